The summed E-state index contributed by atoms with van der Waals surface area (Å²) in [5, 5.41) is 0.740. The molecular formula is C21H22ClN3O2. The number of carbonyl (C=O) groups is 2. The Kier molecular flexibility index (Phi) is 4.89. The number of nitrogens with zero attached hydrogens (tertiary/aromatic N) is 3. The van der Waals surface area contributed by atoms with Gasteiger partial charge in [-0.15, -0.1) is 0 Å². The van der Waals surface area contributed by atoms with E-state index in [1.54, 1.807) is 0 Å². The van der Waals surface area contributed by atoms with E-state index in [2.05, 4.69) is 9.80 Å². The van der Waals surface area contributed by atoms with Gasteiger partial charge in [0.2, 0.25) is 5.91 Å². The molecule has 0 aromatic heterocycles. The van der Waals surface area contributed by atoms with Gasteiger partial charge in [-0.3, -0.25) is 14.5 Å². The van der Waals surface area contributed by atoms with Crippen LogP contribution in [-0.2, 0) is 9.59 Å². The molecule has 2 aromatic carbocycles. The molecule has 140 valence electrons. The summed E-state index contributed by atoms with van der Waals surface area (Å²) in [6.07, 6.45) is 0.249. The third-order valence-corrected chi connectivity index (χ3v) is 5.65. The number of carbonyl (C=O) groups excluding carboxylic acids is 2. The van der Waals surface area contributed by atoms with Crippen molar-refractivity contribution in [2.75, 3.05) is 36.0 Å². The molecule has 6 heteroatoms. The van der Waals surface area contributed by atoms with Gasteiger partial charge in [0.1, 0.15) is 0 Å². The number of halogens is 1. The molecule has 0 bridgehead atoms. The summed E-state index contributed by atoms with van der Waals surface area (Å²) in [6.45, 7) is 4.99. The van der Waals surface area contributed by atoms with Crippen molar-refractivity contribution in [1.82, 2.24) is 4.90 Å². The average Bonchev–Trinajstić information content (AvgIpc) is 2.96. The highest BCUT2D eigenvalue weighted by Crippen LogP contribution is 2.29. The zero-order valence-corrected chi connectivity index (χ0v) is 16.0. The predicted molar refractivity (Wildman–Crippen MR) is 107 cm³/mol. The normalized spacial score (nSPS) is 21.2. The van der Waals surface area contributed by atoms with E-state index >= 15 is 0 Å². The minimum Gasteiger partial charge on any atom is -0.368 e. The molecule has 1 atom stereocenters. The van der Waals surface area contributed by atoms with Crippen molar-refractivity contribution in [3.8, 4) is 0 Å². The Bertz CT molecular complexity index is 877. The molecule has 4 rings (SSSR count). The summed E-state index contributed by atoms with van der Waals surface area (Å²) in [5.74, 6) is -0.235. The Labute approximate surface area is 164 Å². The molecule has 0 radical (unpaired) electrons. The van der Waals surface area contributed by atoms with Crippen LogP contribution in [0.3, 0.4) is 0 Å². The Balaban J connectivity index is 1.45. The van der Waals surface area contributed by atoms with Gasteiger partial charge in [-0.25, -0.2) is 4.90 Å². The Morgan fingerprint density at radius 3 is 2.41 bits per heavy atom. The molecule has 0 spiro atoms. The Morgan fingerprint density at radius 1 is 0.963 bits per heavy atom. The molecule has 1 unspecified atom stereocenters. The number of rotatable bonds is 3. The van der Waals surface area contributed by atoms with Crippen LogP contribution >= 0.6 is 11.6 Å². The first-order chi connectivity index (χ1) is 13.0. The van der Waals surface area contributed by atoms with Crippen molar-refractivity contribution < 1.29 is 9.59 Å². The highest BCUT2D eigenvalue weighted by molar-refractivity contribution is 6.33. The molecule has 2 aromatic rings. The zero-order valence-electron chi connectivity index (χ0n) is 15.3. The van der Waals surface area contributed by atoms with E-state index in [-0.39, 0.29) is 24.3 Å². The van der Waals surface area contributed by atoms with E-state index in [0.29, 0.717) is 5.69 Å². The number of hydrogen-bond acceptors (Lipinski definition) is 4. The Morgan fingerprint density at radius 2 is 1.70 bits per heavy atom. The molecule has 2 heterocycles. The van der Waals surface area contributed by atoms with E-state index < -0.39 is 0 Å². The first kappa shape index (κ1) is 18.0. The van der Waals surface area contributed by atoms with Crippen molar-refractivity contribution in [3.63, 3.8) is 0 Å². The number of benzene rings is 2. The smallest absolute Gasteiger partial charge is 0.251 e. The zero-order chi connectivity index (χ0) is 19.0. The van der Waals surface area contributed by atoms with Crippen LogP contribution in [0, 0.1) is 6.92 Å². The quantitative estimate of drug-likeness (QED) is 0.764. The van der Waals surface area contributed by atoms with Crippen LogP contribution in [0.1, 0.15) is 12.0 Å². The van der Waals surface area contributed by atoms with Gasteiger partial charge in [-0.05, 0) is 36.8 Å². The van der Waals surface area contributed by atoms with Gasteiger partial charge in [-0.2, -0.15) is 0 Å². The van der Waals surface area contributed by atoms with Gasteiger partial charge < -0.3 is 4.90 Å². The van der Waals surface area contributed by atoms with Gasteiger partial charge in [0, 0.05) is 26.2 Å². The van der Waals surface area contributed by atoms with Crippen LogP contribution in [0.2, 0.25) is 5.02 Å². The number of piperazine rings is 1. The summed E-state index contributed by atoms with van der Waals surface area (Å²) in [4.78, 5) is 31.2. The minimum absolute atomic E-state index is 0.114. The van der Waals surface area contributed by atoms with Gasteiger partial charge >= 0.3 is 0 Å². The van der Waals surface area contributed by atoms with Crippen molar-refractivity contribution >= 4 is 34.8 Å². The van der Waals surface area contributed by atoms with Crippen LogP contribution in [0.25, 0.3) is 0 Å². The minimum atomic E-state index is -0.369. The third-order valence-electron chi connectivity index (χ3n) is 5.33. The molecule has 0 saturated carbocycles. The second-order valence-corrected chi connectivity index (χ2v) is 7.51. The summed E-state index contributed by atoms with van der Waals surface area (Å²) >= 11 is 6.30. The number of para-hydroxylation sites is 1. The lowest BCUT2D eigenvalue weighted by molar-refractivity contribution is -0.123. The van der Waals surface area contributed by atoms with Crippen LogP contribution in [0.4, 0.5) is 11.4 Å². The molecule has 0 aliphatic carbocycles. The van der Waals surface area contributed by atoms with Crippen molar-refractivity contribution in [2.45, 2.75) is 19.4 Å². The van der Waals surface area contributed by atoms with E-state index in [0.717, 1.165) is 42.5 Å². The molecule has 5 nitrogen and oxygen atoms in total. The molecule has 2 aliphatic heterocycles. The van der Waals surface area contributed by atoms with Crippen molar-refractivity contribution in [3.05, 3.63) is 59.1 Å². The predicted octanol–water partition coefficient (Wildman–Crippen LogP) is 3.10. The van der Waals surface area contributed by atoms with Gasteiger partial charge in [-0.1, -0.05) is 35.9 Å². The van der Waals surface area contributed by atoms with Crippen LogP contribution in [0.5, 0.6) is 0 Å². The maximum Gasteiger partial charge on any atom is 0.251 e. The molecule has 27 heavy (non-hydrogen) atoms. The van der Waals surface area contributed by atoms with E-state index in [4.69, 9.17) is 11.6 Å². The lowest BCUT2D eigenvalue weighted by atomic mass is 10.1. The highest BCUT2D eigenvalue weighted by Gasteiger charge is 2.43. The molecule has 0 N–H and O–H groups in total. The maximum atomic E-state index is 13.0. The summed E-state index contributed by atoms with van der Waals surface area (Å²) in [7, 11) is 0. The molecule has 2 aliphatic rings. The fourth-order valence-corrected chi connectivity index (χ4v) is 4.18. The topological polar surface area (TPSA) is 43.9 Å². The lowest BCUT2D eigenvalue weighted by Crippen LogP contribution is -2.52. The number of anilines is 2. The fraction of sp³-hybridized carbons (Fsp3) is 0.333. The molecule has 2 fully saturated rings. The number of hydrogen-bond donors (Lipinski definition) is 0. The van der Waals surface area contributed by atoms with Crippen LogP contribution in [0.15, 0.2) is 48.5 Å². The first-order valence-corrected chi connectivity index (χ1v) is 9.59. The summed E-state index contributed by atoms with van der Waals surface area (Å²) in [6, 6.07) is 15.0. The number of amides is 2. The van der Waals surface area contributed by atoms with E-state index in [1.165, 1.54) is 4.90 Å². The number of imide groups is 1. The SMILES string of the molecule is Cc1cccc(N2C(=O)CC(N3CCN(c4ccccc4Cl)CC3)C2=O)c1. The van der Waals surface area contributed by atoms with Crippen LogP contribution < -0.4 is 9.80 Å². The second kappa shape index (κ2) is 7.33. The fourth-order valence-electron chi connectivity index (χ4n) is 3.92. The first-order valence-electron chi connectivity index (χ1n) is 9.21. The lowest BCUT2D eigenvalue weighted by Gasteiger charge is -2.38. The molecule has 2 saturated heterocycles. The maximum absolute atomic E-state index is 13.0. The van der Waals surface area contributed by atoms with Crippen LogP contribution in [-0.4, -0.2) is 48.9 Å². The third kappa shape index (κ3) is 3.45. The average molecular weight is 384 g/mol. The highest BCUT2D eigenvalue weighted by atomic mass is 35.5. The number of aryl methyl sites for hydroxylation is 1. The second-order valence-electron chi connectivity index (χ2n) is 7.10. The summed E-state index contributed by atoms with van der Waals surface area (Å²) < 4.78 is 0. The largest absolute Gasteiger partial charge is 0.368 e. The standard InChI is InChI=1S/C21H22ClN3O2/c1-15-5-4-6-16(13-15)25-20(26)14-19(21(25)27)24-11-9-23(10-12-24)18-8-3-2-7-17(18)22/h2-8,13,19H,9-12,14H2,1H3. The van der Waals surface area contributed by atoms with Gasteiger partial charge in [0.15, 0.2) is 0 Å². The molecular weight excluding hydrogens is 362 g/mol. The Hall–Kier alpha value is -2.37. The van der Waals surface area contributed by atoms with E-state index in [9.17, 15) is 9.59 Å². The van der Waals surface area contributed by atoms with E-state index in [1.807, 2.05) is 55.5 Å². The van der Waals surface area contributed by atoms with Crippen molar-refractivity contribution in [1.29, 1.82) is 0 Å². The monoisotopic (exact) mass is 383 g/mol. The molecule has 2 amide bonds. The van der Waals surface area contributed by atoms with Crippen molar-refractivity contribution in [2.24, 2.45) is 0 Å². The van der Waals surface area contributed by atoms with Gasteiger partial charge in [0.05, 0.1) is 28.9 Å². The summed E-state index contributed by atoms with van der Waals surface area (Å²) in [5.41, 5.74) is 2.72. The van der Waals surface area contributed by atoms with Gasteiger partial charge in [0.25, 0.3) is 5.91 Å².